The summed E-state index contributed by atoms with van der Waals surface area (Å²) in [5.41, 5.74) is 3.50. The van der Waals surface area contributed by atoms with Gasteiger partial charge in [-0.2, -0.15) is 0 Å². The molecule has 2 amide bonds. The Balaban J connectivity index is 1.46. The standard InChI is InChI=1S/C16H19N3O2/c1-10(20)18-8-16(9-18)6-13(7-16)11-2-3-12-5-15(21)19(17)14(12)4-11/h2-4,13H,5-9,17H2,1H3. The number of fused-ring (bicyclic) bond motifs is 1. The van der Waals surface area contributed by atoms with Crippen LogP contribution >= 0.6 is 0 Å². The van der Waals surface area contributed by atoms with Crippen molar-refractivity contribution < 1.29 is 9.59 Å². The molecule has 1 spiro atoms. The zero-order chi connectivity index (χ0) is 14.8. The van der Waals surface area contributed by atoms with Crippen LogP contribution in [0, 0.1) is 5.41 Å². The summed E-state index contributed by atoms with van der Waals surface area (Å²) in [4.78, 5) is 24.8. The molecule has 0 unspecified atom stereocenters. The zero-order valence-electron chi connectivity index (χ0n) is 12.1. The molecule has 2 heterocycles. The molecule has 1 aliphatic carbocycles. The van der Waals surface area contributed by atoms with E-state index < -0.39 is 0 Å². The Bertz CT molecular complexity index is 641. The number of benzene rings is 1. The van der Waals surface area contributed by atoms with Crippen molar-refractivity contribution in [3.63, 3.8) is 0 Å². The van der Waals surface area contributed by atoms with Crippen LogP contribution in [0.2, 0.25) is 0 Å². The van der Waals surface area contributed by atoms with Crippen LogP contribution in [0.15, 0.2) is 18.2 Å². The molecule has 0 atom stereocenters. The number of rotatable bonds is 1. The van der Waals surface area contributed by atoms with E-state index in [0.717, 1.165) is 37.2 Å². The first-order valence-corrected chi connectivity index (χ1v) is 7.43. The van der Waals surface area contributed by atoms with Crippen molar-refractivity contribution in [3.05, 3.63) is 29.3 Å². The maximum atomic E-state index is 11.6. The molecule has 5 heteroatoms. The second-order valence-electron chi connectivity index (χ2n) is 6.81. The van der Waals surface area contributed by atoms with E-state index in [1.807, 2.05) is 11.0 Å². The number of hydrogen-bond acceptors (Lipinski definition) is 3. The van der Waals surface area contributed by atoms with Crippen LogP contribution in [-0.4, -0.2) is 29.8 Å². The summed E-state index contributed by atoms with van der Waals surface area (Å²) < 4.78 is 0. The fourth-order valence-corrected chi connectivity index (χ4v) is 4.06. The second kappa shape index (κ2) is 4.07. The normalized spacial score (nSPS) is 23.0. The van der Waals surface area contributed by atoms with Gasteiger partial charge >= 0.3 is 0 Å². The largest absolute Gasteiger partial charge is 0.342 e. The Labute approximate surface area is 123 Å². The predicted molar refractivity (Wildman–Crippen MR) is 78.5 cm³/mol. The summed E-state index contributed by atoms with van der Waals surface area (Å²) in [6.45, 7) is 3.45. The average molecular weight is 285 g/mol. The molecule has 21 heavy (non-hydrogen) atoms. The molecular formula is C16H19N3O2. The summed E-state index contributed by atoms with van der Waals surface area (Å²) >= 11 is 0. The van der Waals surface area contributed by atoms with Gasteiger partial charge in [0.2, 0.25) is 11.8 Å². The van der Waals surface area contributed by atoms with E-state index in [4.69, 9.17) is 5.84 Å². The molecule has 2 N–H and O–H groups in total. The van der Waals surface area contributed by atoms with Crippen LogP contribution in [0.3, 0.4) is 0 Å². The highest BCUT2D eigenvalue weighted by Crippen LogP contribution is 2.56. The van der Waals surface area contributed by atoms with E-state index in [2.05, 4.69) is 12.1 Å². The Morgan fingerprint density at radius 2 is 2.05 bits per heavy atom. The second-order valence-corrected chi connectivity index (χ2v) is 6.81. The number of anilines is 1. The molecule has 1 aromatic rings. The van der Waals surface area contributed by atoms with Crippen molar-refractivity contribution >= 4 is 17.5 Å². The highest BCUT2D eigenvalue weighted by atomic mass is 16.2. The number of nitrogens with zero attached hydrogens (tertiary/aromatic N) is 2. The van der Waals surface area contributed by atoms with Crippen LogP contribution in [0.1, 0.15) is 36.8 Å². The number of hydrazine groups is 1. The Hall–Kier alpha value is -1.88. The number of nitrogens with two attached hydrogens (primary N) is 1. The maximum Gasteiger partial charge on any atom is 0.245 e. The van der Waals surface area contributed by atoms with Gasteiger partial charge in [0.15, 0.2) is 0 Å². The fraction of sp³-hybridized carbons (Fsp3) is 0.500. The van der Waals surface area contributed by atoms with Crippen molar-refractivity contribution in [2.24, 2.45) is 11.3 Å². The van der Waals surface area contributed by atoms with Crippen molar-refractivity contribution in [2.45, 2.75) is 32.1 Å². The van der Waals surface area contributed by atoms with Gasteiger partial charge in [-0.3, -0.25) is 9.59 Å². The van der Waals surface area contributed by atoms with E-state index in [1.54, 1.807) is 6.92 Å². The van der Waals surface area contributed by atoms with Gasteiger partial charge < -0.3 is 4.90 Å². The lowest BCUT2D eigenvalue weighted by Crippen LogP contribution is -2.62. The summed E-state index contributed by atoms with van der Waals surface area (Å²) in [5.74, 6) is 6.48. The van der Waals surface area contributed by atoms with E-state index in [0.29, 0.717) is 17.8 Å². The van der Waals surface area contributed by atoms with Gasteiger partial charge in [-0.05, 0) is 36.0 Å². The number of carbonyl (C=O) groups excluding carboxylic acids is 2. The summed E-state index contributed by atoms with van der Waals surface area (Å²) in [6.07, 6.45) is 2.68. The third kappa shape index (κ3) is 1.80. The Morgan fingerprint density at radius 1 is 1.33 bits per heavy atom. The average Bonchev–Trinajstić information content (AvgIpc) is 2.62. The summed E-state index contributed by atoms with van der Waals surface area (Å²) in [7, 11) is 0. The van der Waals surface area contributed by atoms with Crippen LogP contribution in [0.4, 0.5) is 5.69 Å². The number of hydrogen-bond donors (Lipinski definition) is 1. The minimum atomic E-state index is -0.0386. The van der Waals surface area contributed by atoms with E-state index in [9.17, 15) is 9.59 Å². The fourth-order valence-electron chi connectivity index (χ4n) is 4.06. The maximum absolute atomic E-state index is 11.6. The number of likely N-dealkylation sites (tertiary alicyclic amines) is 1. The molecule has 3 aliphatic rings. The van der Waals surface area contributed by atoms with Crippen LogP contribution < -0.4 is 10.9 Å². The number of carbonyl (C=O) groups is 2. The Morgan fingerprint density at radius 3 is 2.71 bits per heavy atom. The third-order valence-corrected chi connectivity index (χ3v) is 5.31. The van der Waals surface area contributed by atoms with E-state index in [-0.39, 0.29) is 11.8 Å². The molecule has 2 aliphatic heterocycles. The lowest BCUT2D eigenvalue weighted by atomic mass is 9.56. The minimum Gasteiger partial charge on any atom is -0.342 e. The molecule has 110 valence electrons. The van der Waals surface area contributed by atoms with Crippen molar-refractivity contribution in [2.75, 3.05) is 18.1 Å². The molecule has 4 rings (SSSR count). The molecular weight excluding hydrogens is 266 g/mol. The Kier molecular flexibility index (Phi) is 2.49. The molecule has 0 radical (unpaired) electrons. The van der Waals surface area contributed by atoms with Gasteiger partial charge in [-0.15, -0.1) is 0 Å². The lowest BCUT2D eigenvalue weighted by molar-refractivity contribution is -0.148. The third-order valence-electron chi connectivity index (χ3n) is 5.31. The van der Waals surface area contributed by atoms with Gasteiger partial charge in [0, 0.05) is 25.4 Å². The molecule has 1 saturated heterocycles. The first-order valence-electron chi connectivity index (χ1n) is 7.43. The van der Waals surface area contributed by atoms with Crippen molar-refractivity contribution in [3.8, 4) is 0 Å². The quantitative estimate of drug-likeness (QED) is 0.622. The van der Waals surface area contributed by atoms with E-state index >= 15 is 0 Å². The molecule has 5 nitrogen and oxygen atoms in total. The van der Waals surface area contributed by atoms with E-state index in [1.165, 1.54) is 10.6 Å². The lowest BCUT2D eigenvalue weighted by Gasteiger charge is -2.59. The van der Waals surface area contributed by atoms with Crippen molar-refractivity contribution in [1.29, 1.82) is 0 Å². The highest BCUT2D eigenvalue weighted by molar-refractivity contribution is 6.00. The first kappa shape index (κ1) is 12.8. The molecule has 0 bridgehead atoms. The van der Waals surface area contributed by atoms with Gasteiger partial charge in [-0.1, -0.05) is 12.1 Å². The van der Waals surface area contributed by atoms with Crippen LogP contribution in [0.5, 0.6) is 0 Å². The molecule has 1 saturated carbocycles. The van der Waals surface area contributed by atoms with Gasteiger partial charge in [-0.25, -0.2) is 10.9 Å². The number of amides is 2. The van der Waals surface area contributed by atoms with Crippen molar-refractivity contribution in [1.82, 2.24) is 4.90 Å². The minimum absolute atomic E-state index is 0.0386. The summed E-state index contributed by atoms with van der Waals surface area (Å²) in [5, 5.41) is 1.27. The molecule has 1 aromatic carbocycles. The monoisotopic (exact) mass is 285 g/mol. The molecule has 2 fully saturated rings. The zero-order valence-corrected chi connectivity index (χ0v) is 12.1. The van der Waals surface area contributed by atoms with Crippen LogP contribution in [0.25, 0.3) is 0 Å². The van der Waals surface area contributed by atoms with Crippen LogP contribution in [-0.2, 0) is 16.0 Å². The highest BCUT2D eigenvalue weighted by Gasteiger charge is 2.53. The smallest absolute Gasteiger partial charge is 0.245 e. The first-order chi connectivity index (χ1) is 9.97. The van der Waals surface area contributed by atoms with Gasteiger partial charge in [0.05, 0.1) is 12.1 Å². The van der Waals surface area contributed by atoms with Gasteiger partial charge in [0.25, 0.3) is 0 Å². The topological polar surface area (TPSA) is 66.6 Å². The summed E-state index contributed by atoms with van der Waals surface area (Å²) in [6, 6.07) is 6.23. The van der Waals surface area contributed by atoms with Gasteiger partial charge in [0.1, 0.15) is 0 Å². The SMILES string of the molecule is CC(=O)N1CC2(CC(c3ccc4c(c3)N(N)C(=O)C4)C2)C1. The molecule has 0 aromatic heterocycles. The predicted octanol–water partition coefficient (Wildman–Crippen LogP) is 1.18.